The molecule has 24 heavy (non-hydrogen) atoms. The Morgan fingerprint density at radius 1 is 1.33 bits per heavy atom. The van der Waals surface area contributed by atoms with Crippen molar-refractivity contribution >= 4 is 11.8 Å². The molecule has 130 valence electrons. The van der Waals surface area contributed by atoms with Gasteiger partial charge in [0.2, 0.25) is 5.91 Å². The Morgan fingerprint density at radius 3 is 2.58 bits per heavy atom. The van der Waals surface area contributed by atoms with Crippen LogP contribution in [0.3, 0.4) is 0 Å². The molecule has 2 unspecified atom stereocenters. The van der Waals surface area contributed by atoms with Gasteiger partial charge in [-0.1, -0.05) is 6.58 Å². The highest BCUT2D eigenvalue weighted by molar-refractivity contribution is 5.92. The molecule has 2 fully saturated rings. The van der Waals surface area contributed by atoms with Crippen molar-refractivity contribution in [3.63, 3.8) is 0 Å². The topological polar surface area (TPSA) is 67.2 Å². The summed E-state index contributed by atoms with van der Waals surface area (Å²) >= 11 is 0. The zero-order valence-corrected chi connectivity index (χ0v) is 14.7. The standard InChI is InChI=1S/C18H26N4O2/c1-5-17(23)21-9-15(10-21)12(3)19-18(24)16-8-11(2)22(20-16)13(4)14-6-7-14/h5,8,12-15H,1,6-7,9-10H2,2-4H3,(H,19,24). The molecule has 1 aliphatic heterocycles. The average Bonchev–Trinajstić information content (AvgIpc) is 3.27. The molecule has 2 heterocycles. The lowest BCUT2D eigenvalue weighted by Gasteiger charge is -2.42. The van der Waals surface area contributed by atoms with Crippen LogP contribution in [-0.2, 0) is 4.79 Å². The summed E-state index contributed by atoms with van der Waals surface area (Å²) in [6, 6.07) is 2.22. The van der Waals surface area contributed by atoms with Crippen molar-refractivity contribution < 1.29 is 9.59 Å². The predicted molar refractivity (Wildman–Crippen MR) is 91.6 cm³/mol. The number of carbonyl (C=O) groups excluding carboxylic acids is 2. The summed E-state index contributed by atoms with van der Waals surface area (Å²) in [7, 11) is 0. The largest absolute Gasteiger partial charge is 0.348 e. The summed E-state index contributed by atoms with van der Waals surface area (Å²) < 4.78 is 1.98. The number of rotatable bonds is 6. The quantitative estimate of drug-likeness (QED) is 0.811. The van der Waals surface area contributed by atoms with E-state index in [4.69, 9.17) is 0 Å². The molecule has 0 bridgehead atoms. The van der Waals surface area contributed by atoms with Crippen molar-refractivity contribution in [2.45, 2.75) is 45.7 Å². The lowest BCUT2D eigenvalue weighted by molar-refractivity contribution is -0.132. The van der Waals surface area contributed by atoms with Gasteiger partial charge in [-0.25, -0.2) is 0 Å². The van der Waals surface area contributed by atoms with Crippen molar-refractivity contribution in [2.75, 3.05) is 13.1 Å². The normalized spacial score (nSPS) is 20.2. The molecule has 1 aliphatic carbocycles. The fourth-order valence-corrected chi connectivity index (χ4v) is 3.33. The molecule has 2 amide bonds. The van der Waals surface area contributed by atoms with Crippen LogP contribution in [0.5, 0.6) is 0 Å². The van der Waals surface area contributed by atoms with E-state index in [-0.39, 0.29) is 23.8 Å². The first-order valence-electron chi connectivity index (χ1n) is 8.69. The molecule has 2 atom stereocenters. The molecule has 1 aromatic rings. The maximum absolute atomic E-state index is 12.5. The summed E-state index contributed by atoms with van der Waals surface area (Å²) in [5, 5.41) is 7.53. The molecule has 2 aliphatic rings. The lowest BCUT2D eigenvalue weighted by Crippen LogP contribution is -2.57. The Hall–Kier alpha value is -2.11. The molecule has 0 aromatic carbocycles. The number of hydrogen-bond donors (Lipinski definition) is 1. The number of hydrogen-bond acceptors (Lipinski definition) is 3. The van der Waals surface area contributed by atoms with Gasteiger partial charge >= 0.3 is 0 Å². The highest BCUT2D eigenvalue weighted by atomic mass is 16.2. The maximum atomic E-state index is 12.5. The fourth-order valence-electron chi connectivity index (χ4n) is 3.33. The maximum Gasteiger partial charge on any atom is 0.272 e. The van der Waals surface area contributed by atoms with Gasteiger partial charge in [0.05, 0.1) is 6.04 Å². The first-order valence-corrected chi connectivity index (χ1v) is 8.69. The van der Waals surface area contributed by atoms with E-state index in [1.165, 1.54) is 18.9 Å². The van der Waals surface area contributed by atoms with Gasteiger partial charge in [-0.15, -0.1) is 0 Å². The van der Waals surface area contributed by atoms with Gasteiger partial charge in [-0.05, 0) is 51.7 Å². The fraction of sp³-hybridized carbons (Fsp3) is 0.611. The highest BCUT2D eigenvalue weighted by Crippen LogP contribution is 2.39. The van der Waals surface area contributed by atoms with Gasteiger partial charge in [-0.2, -0.15) is 5.10 Å². The van der Waals surface area contributed by atoms with E-state index in [9.17, 15) is 9.59 Å². The molecule has 6 heteroatoms. The number of carbonyl (C=O) groups is 2. The van der Waals surface area contributed by atoms with Crippen LogP contribution in [0.1, 0.15) is 48.9 Å². The van der Waals surface area contributed by atoms with Crippen molar-refractivity contribution in [1.82, 2.24) is 20.0 Å². The van der Waals surface area contributed by atoms with Crippen LogP contribution in [0.2, 0.25) is 0 Å². The third kappa shape index (κ3) is 3.23. The first kappa shape index (κ1) is 16.7. The number of nitrogens with zero attached hydrogens (tertiary/aromatic N) is 3. The molecule has 1 N–H and O–H groups in total. The Labute approximate surface area is 142 Å². The van der Waals surface area contributed by atoms with Crippen molar-refractivity contribution in [3.8, 4) is 0 Å². The van der Waals surface area contributed by atoms with Crippen molar-refractivity contribution in [1.29, 1.82) is 0 Å². The van der Waals surface area contributed by atoms with Crippen molar-refractivity contribution in [2.24, 2.45) is 11.8 Å². The van der Waals surface area contributed by atoms with Crippen LogP contribution in [0.15, 0.2) is 18.7 Å². The molecule has 1 aromatic heterocycles. The van der Waals surface area contributed by atoms with Gasteiger partial charge in [0.1, 0.15) is 5.69 Å². The summed E-state index contributed by atoms with van der Waals surface area (Å²) in [5.41, 5.74) is 1.50. The molecule has 0 spiro atoms. The number of aromatic nitrogens is 2. The van der Waals surface area contributed by atoms with E-state index < -0.39 is 0 Å². The van der Waals surface area contributed by atoms with Crippen LogP contribution >= 0.6 is 0 Å². The van der Waals surface area contributed by atoms with E-state index in [2.05, 4.69) is 23.9 Å². The minimum Gasteiger partial charge on any atom is -0.348 e. The van der Waals surface area contributed by atoms with Crippen molar-refractivity contribution in [3.05, 3.63) is 30.1 Å². The summed E-state index contributed by atoms with van der Waals surface area (Å²) in [6.45, 7) is 11.0. The zero-order chi connectivity index (χ0) is 17.4. The Kier molecular flexibility index (Phi) is 4.47. The molecule has 6 nitrogen and oxygen atoms in total. The minimum atomic E-state index is -0.138. The summed E-state index contributed by atoms with van der Waals surface area (Å²) in [6.07, 6.45) is 3.83. The van der Waals surface area contributed by atoms with E-state index in [0.29, 0.717) is 30.7 Å². The van der Waals surface area contributed by atoms with Gasteiger partial charge in [0, 0.05) is 30.7 Å². The van der Waals surface area contributed by atoms with Crippen LogP contribution in [0.25, 0.3) is 0 Å². The number of amides is 2. The van der Waals surface area contributed by atoms with Gasteiger partial charge in [0.25, 0.3) is 5.91 Å². The second-order valence-corrected chi connectivity index (χ2v) is 7.16. The minimum absolute atomic E-state index is 0.0117. The SMILES string of the molecule is C=CC(=O)N1CC(C(C)NC(=O)c2cc(C)n(C(C)C3CC3)n2)C1. The summed E-state index contributed by atoms with van der Waals surface area (Å²) in [5.74, 6) is 0.794. The molecular weight excluding hydrogens is 304 g/mol. The Balaban J connectivity index is 1.56. The third-order valence-corrected chi connectivity index (χ3v) is 5.31. The third-order valence-electron chi connectivity index (χ3n) is 5.31. The molecule has 3 rings (SSSR count). The van der Waals surface area contributed by atoms with E-state index in [1.54, 1.807) is 4.90 Å². The highest BCUT2D eigenvalue weighted by Gasteiger charge is 2.34. The van der Waals surface area contributed by atoms with Crippen LogP contribution in [0.4, 0.5) is 0 Å². The van der Waals surface area contributed by atoms with Gasteiger partial charge in [-0.3, -0.25) is 14.3 Å². The van der Waals surface area contributed by atoms with Crippen LogP contribution < -0.4 is 5.32 Å². The monoisotopic (exact) mass is 330 g/mol. The Morgan fingerprint density at radius 2 is 2.00 bits per heavy atom. The molecular formula is C18H26N4O2. The Bertz CT molecular complexity index is 656. The summed E-state index contributed by atoms with van der Waals surface area (Å²) in [4.78, 5) is 25.7. The number of aryl methyl sites for hydroxylation is 1. The van der Waals surface area contributed by atoms with Gasteiger partial charge in [0.15, 0.2) is 0 Å². The number of likely N-dealkylation sites (tertiary alicyclic amines) is 1. The molecule has 0 radical (unpaired) electrons. The molecule has 1 saturated heterocycles. The van der Waals surface area contributed by atoms with Gasteiger partial charge < -0.3 is 10.2 Å². The predicted octanol–water partition coefficient (Wildman–Crippen LogP) is 1.93. The van der Waals surface area contributed by atoms with Crippen LogP contribution in [0, 0.1) is 18.8 Å². The number of nitrogens with one attached hydrogen (secondary N) is 1. The van der Waals surface area contributed by atoms with E-state index >= 15 is 0 Å². The smallest absolute Gasteiger partial charge is 0.272 e. The van der Waals surface area contributed by atoms with Crippen LogP contribution in [-0.4, -0.2) is 45.6 Å². The van der Waals surface area contributed by atoms with E-state index in [0.717, 1.165) is 5.69 Å². The first-order chi connectivity index (χ1) is 11.4. The lowest BCUT2D eigenvalue weighted by atomic mass is 9.92. The second-order valence-electron chi connectivity index (χ2n) is 7.16. The average molecular weight is 330 g/mol. The molecule has 1 saturated carbocycles. The van der Waals surface area contributed by atoms with E-state index in [1.807, 2.05) is 24.6 Å². The second kappa shape index (κ2) is 6.42. The zero-order valence-electron chi connectivity index (χ0n) is 14.7.